The van der Waals surface area contributed by atoms with Gasteiger partial charge in [0.15, 0.2) is 17.9 Å². The van der Waals surface area contributed by atoms with Gasteiger partial charge >= 0.3 is 0 Å². The molecule has 0 bridgehead atoms. The Morgan fingerprint density at radius 2 is 2.21 bits per heavy atom. The number of aldehydes is 1. The van der Waals surface area contributed by atoms with Crippen molar-refractivity contribution in [3.63, 3.8) is 0 Å². The number of nitrogens with two attached hydrogens (primary N) is 1. The molecule has 122 valence electrons. The molecule has 0 aliphatic carbocycles. The Kier molecular flexibility index (Phi) is 4.06. The van der Waals surface area contributed by atoms with Crippen LogP contribution >= 0.6 is 0 Å². The van der Waals surface area contributed by atoms with Gasteiger partial charge in [-0.2, -0.15) is 5.10 Å². The van der Waals surface area contributed by atoms with Gasteiger partial charge in [-0.05, 0) is 6.07 Å². The number of nitrogens with zero attached hydrogens (tertiary/aromatic N) is 6. The van der Waals surface area contributed by atoms with Crippen molar-refractivity contribution in [2.24, 2.45) is 12.0 Å². The zero-order chi connectivity index (χ0) is 17.1. The minimum absolute atomic E-state index is 0.344. The lowest BCUT2D eigenvalue weighted by Gasteiger charge is -2.09. The van der Waals surface area contributed by atoms with Gasteiger partial charge in [0.25, 0.3) is 0 Å². The first-order chi connectivity index (χ1) is 11.6. The Morgan fingerprint density at radius 1 is 1.38 bits per heavy atom. The maximum Gasteiger partial charge on any atom is 0.177 e. The monoisotopic (exact) mass is 324 g/mol. The second kappa shape index (κ2) is 6.32. The topological polar surface area (TPSA) is 116 Å². The SMILES string of the molecule is CN=CNc1c(C=O)ccnc1-n1cc(-c2cnn(C)c2)c(N)n1. The molecule has 3 N–H and O–H groups in total. The first kappa shape index (κ1) is 15.4. The zero-order valence-electron chi connectivity index (χ0n) is 13.2. The number of nitrogen functional groups attached to an aromatic ring is 1. The van der Waals surface area contributed by atoms with Crippen LogP contribution in [0, 0.1) is 0 Å². The summed E-state index contributed by atoms with van der Waals surface area (Å²) in [4.78, 5) is 19.5. The van der Waals surface area contributed by atoms with Crippen molar-refractivity contribution in [2.45, 2.75) is 0 Å². The standard InChI is InChI=1S/C15H16N8O/c1-17-9-19-13-10(8-24)3-4-18-15(13)23-7-12(14(16)21-23)11-5-20-22(2)6-11/h3-9H,1-2H3,(H2,16,21)(H,17,19). The number of aryl methyl sites for hydroxylation is 1. The number of aliphatic imine (C=N–C) groups is 1. The van der Waals surface area contributed by atoms with Gasteiger partial charge in [-0.25, -0.2) is 9.67 Å². The first-order valence-electron chi connectivity index (χ1n) is 7.10. The number of carbonyl (C=O) groups is 1. The van der Waals surface area contributed by atoms with Crippen molar-refractivity contribution in [2.75, 3.05) is 18.1 Å². The molecule has 9 nitrogen and oxygen atoms in total. The highest BCUT2D eigenvalue weighted by Crippen LogP contribution is 2.28. The summed E-state index contributed by atoms with van der Waals surface area (Å²) in [7, 11) is 3.45. The summed E-state index contributed by atoms with van der Waals surface area (Å²) in [6.07, 6.45) is 9.05. The minimum Gasteiger partial charge on any atom is -0.382 e. The van der Waals surface area contributed by atoms with Crippen molar-refractivity contribution in [1.82, 2.24) is 24.5 Å². The van der Waals surface area contributed by atoms with Crippen LogP contribution in [0.5, 0.6) is 0 Å². The van der Waals surface area contributed by atoms with Gasteiger partial charge in [0, 0.05) is 49.4 Å². The number of nitrogens with one attached hydrogen (secondary N) is 1. The number of rotatable bonds is 5. The number of hydrogen-bond donors (Lipinski definition) is 2. The Hall–Kier alpha value is -3.49. The lowest BCUT2D eigenvalue weighted by atomic mass is 10.2. The van der Waals surface area contributed by atoms with E-state index in [0.717, 1.165) is 17.4 Å². The molecule has 0 aliphatic rings. The molecule has 0 radical (unpaired) electrons. The molecular formula is C15H16N8O. The molecule has 0 unspecified atom stereocenters. The Morgan fingerprint density at radius 3 is 2.88 bits per heavy atom. The maximum atomic E-state index is 11.3. The third kappa shape index (κ3) is 2.74. The number of anilines is 2. The molecule has 0 spiro atoms. The average molecular weight is 324 g/mol. The van der Waals surface area contributed by atoms with Crippen molar-refractivity contribution in [3.8, 4) is 16.9 Å². The van der Waals surface area contributed by atoms with Gasteiger partial charge < -0.3 is 11.1 Å². The second-order valence-corrected chi connectivity index (χ2v) is 5.02. The highest BCUT2D eigenvalue weighted by Gasteiger charge is 2.16. The first-order valence-corrected chi connectivity index (χ1v) is 7.10. The normalized spacial score (nSPS) is 11.1. The van der Waals surface area contributed by atoms with Crippen LogP contribution < -0.4 is 11.1 Å². The molecule has 0 amide bonds. The Labute approximate surface area is 137 Å². The third-order valence-corrected chi connectivity index (χ3v) is 3.40. The van der Waals surface area contributed by atoms with Gasteiger partial charge in [0.2, 0.25) is 0 Å². The van der Waals surface area contributed by atoms with Crippen LogP contribution in [-0.4, -0.2) is 44.2 Å². The summed E-state index contributed by atoms with van der Waals surface area (Å²) in [6, 6.07) is 1.61. The molecule has 24 heavy (non-hydrogen) atoms. The van der Waals surface area contributed by atoms with Crippen molar-refractivity contribution in [3.05, 3.63) is 36.4 Å². The largest absolute Gasteiger partial charge is 0.382 e. The van der Waals surface area contributed by atoms with Gasteiger partial charge in [-0.3, -0.25) is 14.5 Å². The summed E-state index contributed by atoms with van der Waals surface area (Å²) >= 11 is 0. The molecule has 3 rings (SSSR count). The minimum atomic E-state index is 0.344. The molecule has 0 aliphatic heterocycles. The van der Waals surface area contributed by atoms with E-state index in [1.54, 1.807) is 30.2 Å². The van der Waals surface area contributed by atoms with Crippen molar-refractivity contribution >= 4 is 24.1 Å². The molecule has 3 heterocycles. The fraction of sp³-hybridized carbons (Fsp3) is 0.133. The van der Waals surface area contributed by atoms with Crippen LogP contribution in [-0.2, 0) is 7.05 Å². The van der Waals surface area contributed by atoms with Crippen LogP contribution in [0.1, 0.15) is 10.4 Å². The zero-order valence-corrected chi connectivity index (χ0v) is 13.2. The third-order valence-electron chi connectivity index (χ3n) is 3.40. The van der Waals surface area contributed by atoms with E-state index in [1.165, 1.54) is 17.2 Å². The summed E-state index contributed by atoms with van der Waals surface area (Å²) in [5.74, 6) is 0.790. The van der Waals surface area contributed by atoms with Crippen LogP contribution in [0.2, 0.25) is 0 Å². The highest BCUT2D eigenvalue weighted by molar-refractivity contribution is 5.92. The quantitative estimate of drug-likeness (QED) is 0.413. The second-order valence-electron chi connectivity index (χ2n) is 5.02. The van der Waals surface area contributed by atoms with Crippen LogP contribution in [0.3, 0.4) is 0 Å². The maximum absolute atomic E-state index is 11.3. The Bertz CT molecular complexity index is 908. The number of aromatic nitrogens is 5. The number of carbonyl (C=O) groups excluding carboxylic acids is 1. The fourth-order valence-corrected chi connectivity index (χ4v) is 2.29. The lowest BCUT2D eigenvalue weighted by molar-refractivity contribution is 0.112. The van der Waals surface area contributed by atoms with Gasteiger partial charge in [0.1, 0.15) is 0 Å². The van der Waals surface area contributed by atoms with E-state index in [4.69, 9.17) is 5.73 Å². The molecule has 3 aromatic heterocycles. The molecule has 0 saturated heterocycles. The summed E-state index contributed by atoms with van der Waals surface area (Å²) in [5, 5.41) is 11.4. The Balaban J connectivity index is 2.11. The molecular weight excluding hydrogens is 308 g/mol. The molecule has 0 saturated carbocycles. The molecule has 0 aromatic carbocycles. The average Bonchev–Trinajstić information content (AvgIpc) is 3.18. The van der Waals surface area contributed by atoms with E-state index in [1.807, 2.05) is 13.2 Å². The van der Waals surface area contributed by atoms with Crippen LogP contribution in [0.25, 0.3) is 16.9 Å². The van der Waals surface area contributed by atoms with Gasteiger partial charge in [-0.15, -0.1) is 5.10 Å². The number of pyridine rings is 1. The molecule has 0 atom stereocenters. The van der Waals surface area contributed by atoms with E-state index >= 15 is 0 Å². The van der Waals surface area contributed by atoms with E-state index in [0.29, 0.717) is 22.9 Å². The highest BCUT2D eigenvalue weighted by atomic mass is 16.1. The predicted molar refractivity (Wildman–Crippen MR) is 91.4 cm³/mol. The van der Waals surface area contributed by atoms with Gasteiger partial charge in [0.05, 0.1) is 18.2 Å². The van der Waals surface area contributed by atoms with Gasteiger partial charge in [-0.1, -0.05) is 0 Å². The summed E-state index contributed by atoms with van der Waals surface area (Å²) < 4.78 is 3.21. The predicted octanol–water partition coefficient (Wildman–Crippen LogP) is 1.13. The van der Waals surface area contributed by atoms with E-state index in [2.05, 4.69) is 25.5 Å². The van der Waals surface area contributed by atoms with Crippen LogP contribution in [0.4, 0.5) is 11.5 Å². The molecule has 3 aromatic rings. The van der Waals surface area contributed by atoms with Crippen molar-refractivity contribution < 1.29 is 4.79 Å². The lowest BCUT2D eigenvalue weighted by Crippen LogP contribution is -2.08. The summed E-state index contributed by atoms with van der Waals surface area (Å²) in [5.41, 5.74) is 8.55. The fourth-order valence-electron chi connectivity index (χ4n) is 2.29. The van der Waals surface area contributed by atoms with E-state index in [9.17, 15) is 4.79 Å². The van der Waals surface area contributed by atoms with E-state index < -0.39 is 0 Å². The molecule has 0 fully saturated rings. The smallest absolute Gasteiger partial charge is 0.177 e. The van der Waals surface area contributed by atoms with E-state index in [-0.39, 0.29) is 0 Å². The summed E-state index contributed by atoms with van der Waals surface area (Å²) in [6.45, 7) is 0. The molecule has 9 heteroatoms. The number of hydrogen-bond acceptors (Lipinski definition) is 6. The van der Waals surface area contributed by atoms with Crippen LogP contribution in [0.15, 0.2) is 35.8 Å². The van der Waals surface area contributed by atoms with Crippen molar-refractivity contribution in [1.29, 1.82) is 0 Å².